The number of piperazine rings is 1. The lowest BCUT2D eigenvalue weighted by atomic mass is 9.83. The quantitative estimate of drug-likeness (QED) is 0.912. The summed E-state index contributed by atoms with van der Waals surface area (Å²) in [5.41, 5.74) is 0.0988. The third-order valence-corrected chi connectivity index (χ3v) is 4.93. The fourth-order valence-electron chi connectivity index (χ4n) is 3.25. The first kappa shape index (κ1) is 17.9. The van der Waals surface area contributed by atoms with Crippen molar-refractivity contribution >= 4 is 11.8 Å². The fourth-order valence-corrected chi connectivity index (χ4v) is 3.25. The van der Waals surface area contributed by atoms with Crippen molar-refractivity contribution in [3.8, 4) is 0 Å². The average Bonchev–Trinajstić information content (AvgIpc) is 2.68. The van der Waals surface area contributed by atoms with Crippen LogP contribution < -0.4 is 5.56 Å². The van der Waals surface area contributed by atoms with Gasteiger partial charge < -0.3 is 14.8 Å². The van der Waals surface area contributed by atoms with Crippen molar-refractivity contribution in [2.75, 3.05) is 26.2 Å². The lowest BCUT2D eigenvalue weighted by Gasteiger charge is -2.38. The van der Waals surface area contributed by atoms with E-state index < -0.39 is 5.41 Å². The molecule has 0 radical (unpaired) electrons. The number of H-pyrrole nitrogens is 1. The molecule has 1 aliphatic rings. The van der Waals surface area contributed by atoms with Crippen molar-refractivity contribution in [3.05, 3.63) is 70.1 Å². The van der Waals surface area contributed by atoms with E-state index in [1.807, 2.05) is 44.2 Å². The Morgan fingerprint density at radius 1 is 0.923 bits per heavy atom. The number of amides is 2. The van der Waals surface area contributed by atoms with Gasteiger partial charge in [0, 0.05) is 32.4 Å². The SMILES string of the molecule is CC(C)(C(=O)N1CCN(C(=O)c2ccc[nH]c2=O)CC1)c1ccccc1. The summed E-state index contributed by atoms with van der Waals surface area (Å²) < 4.78 is 0. The standard InChI is InChI=1S/C20H23N3O3/c1-20(2,15-7-4-3-5-8-15)19(26)23-13-11-22(12-14-23)18(25)16-9-6-10-21-17(16)24/h3-10H,11-14H2,1-2H3,(H,21,24). The van der Waals surface area contributed by atoms with Gasteiger partial charge in [0.05, 0.1) is 5.41 Å². The summed E-state index contributed by atoms with van der Waals surface area (Å²) in [6.07, 6.45) is 1.50. The van der Waals surface area contributed by atoms with Crippen molar-refractivity contribution in [1.29, 1.82) is 0 Å². The second kappa shape index (κ2) is 7.15. The van der Waals surface area contributed by atoms with Gasteiger partial charge in [0.2, 0.25) is 5.91 Å². The molecule has 6 heteroatoms. The second-order valence-corrected chi connectivity index (χ2v) is 6.99. The minimum atomic E-state index is -0.621. The molecule has 0 saturated carbocycles. The number of pyridine rings is 1. The van der Waals surface area contributed by atoms with Crippen LogP contribution in [0.1, 0.15) is 29.8 Å². The normalized spacial score (nSPS) is 15.0. The zero-order valence-corrected chi connectivity index (χ0v) is 15.1. The zero-order chi connectivity index (χ0) is 18.7. The van der Waals surface area contributed by atoms with Crippen LogP contribution in [-0.2, 0) is 10.2 Å². The van der Waals surface area contributed by atoms with Gasteiger partial charge in [0.25, 0.3) is 11.5 Å². The van der Waals surface area contributed by atoms with Gasteiger partial charge in [-0.3, -0.25) is 14.4 Å². The molecule has 1 aromatic heterocycles. The van der Waals surface area contributed by atoms with Crippen molar-refractivity contribution in [1.82, 2.24) is 14.8 Å². The van der Waals surface area contributed by atoms with Crippen LogP contribution in [0.25, 0.3) is 0 Å². The zero-order valence-electron chi connectivity index (χ0n) is 15.1. The molecule has 0 aliphatic carbocycles. The number of rotatable bonds is 3. The van der Waals surface area contributed by atoms with Gasteiger partial charge in [-0.1, -0.05) is 30.3 Å². The molecule has 1 aromatic carbocycles. The highest BCUT2D eigenvalue weighted by atomic mass is 16.2. The predicted molar refractivity (Wildman–Crippen MR) is 99.0 cm³/mol. The molecule has 3 rings (SSSR count). The third kappa shape index (κ3) is 3.40. The maximum absolute atomic E-state index is 13.0. The van der Waals surface area contributed by atoms with E-state index in [0.29, 0.717) is 26.2 Å². The van der Waals surface area contributed by atoms with E-state index in [1.54, 1.807) is 15.9 Å². The summed E-state index contributed by atoms with van der Waals surface area (Å²) in [5, 5.41) is 0. The number of hydrogen-bond donors (Lipinski definition) is 1. The molecule has 0 atom stereocenters. The highest BCUT2D eigenvalue weighted by Gasteiger charge is 2.35. The van der Waals surface area contributed by atoms with Crippen LogP contribution in [-0.4, -0.2) is 52.8 Å². The van der Waals surface area contributed by atoms with E-state index >= 15 is 0 Å². The number of hydrogen-bond acceptors (Lipinski definition) is 3. The van der Waals surface area contributed by atoms with E-state index in [-0.39, 0.29) is 22.9 Å². The van der Waals surface area contributed by atoms with Crippen LogP contribution >= 0.6 is 0 Å². The highest BCUT2D eigenvalue weighted by molar-refractivity contribution is 5.94. The monoisotopic (exact) mass is 353 g/mol. The van der Waals surface area contributed by atoms with Gasteiger partial charge in [-0.15, -0.1) is 0 Å². The van der Waals surface area contributed by atoms with Gasteiger partial charge in [-0.2, -0.15) is 0 Å². The van der Waals surface area contributed by atoms with E-state index in [4.69, 9.17) is 0 Å². The number of benzene rings is 1. The Labute approximate surface area is 152 Å². The topological polar surface area (TPSA) is 73.5 Å². The van der Waals surface area contributed by atoms with Gasteiger partial charge in [0.1, 0.15) is 5.56 Å². The van der Waals surface area contributed by atoms with Gasteiger partial charge in [0.15, 0.2) is 0 Å². The average molecular weight is 353 g/mol. The van der Waals surface area contributed by atoms with E-state index in [0.717, 1.165) is 5.56 Å². The molecule has 1 aliphatic heterocycles. The van der Waals surface area contributed by atoms with Crippen LogP contribution in [0.4, 0.5) is 0 Å². The summed E-state index contributed by atoms with van der Waals surface area (Å²) in [4.78, 5) is 43.2. The van der Waals surface area contributed by atoms with E-state index in [2.05, 4.69) is 4.98 Å². The van der Waals surface area contributed by atoms with Crippen LogP contribution in [0.3, 0.4) is 0 Å². The first-order chi connectivity index (χ1) is 12.4. The minimum absolute atomic E-state index is 0.0494. The molecular weight excluding hydrogens is 330 g/mol. The molecule has 1 N–H and O–H groups in total. The molecule has 2 aromatic rings. The second-order valence-electron chi connectivity index (χ2n) is 6.99. The summed E-state index contributed by atoms with van der Waals surface area (Å²) >= 11 is 0. The molecule has 1 saturated heterocycles. The van der Waals surface area contributed by atoms with Crippen molar-refractivity contribution < 1.29 is 9.59 Å². The molecule has 26 heavy (non-hydrogen) atoms. The first-order valence-corrected chi connectivity index (χ1v) is 8.73. The molecule has 2 amide bonds. The maximum Gasteiger partial charge on any atom is 0.260 e. The summed E-state index contributed by atoms with van der Waals surface area (Å²) in [7, 11) is 0. The Bertz CT molecular complexity index is 850. The number of aromatic amines is 1. The molecule has 2 heterocycles. The molecule has 0 spiro atoms. The number of aromatic nitrogens is 1. The number of carbonyl (C=O) groups excluding carboxylic acids is 2. The van der Waals surface area contributed by atoms with Crippen LogP contribution in [0.15, 0.2) is 53.5 Å². The Balaban J connectivity index is 1.67. The van der Waals surface area contributed by atoms with Crippen LogP contribution in [0.5, 0.6) is 0 Å². The Hall–Kier alpha value is -2.89. The third-order valence-electron chi connectivity index (χ3n) is 4.93. The Morgan fingerprint density at radius 2 is 1.54 bits per heavy atom. The van der Waals surface area contributed by atoms with Crippen molar-refractivity contribution in [2.45, 2.75) is 19.3 Å². The van der Waals surface area contributed by atoms with Gasteiger partial charge in [-0.25, -0.2) is 0 Å². The highest BCUT2D eigenvalue weighted by Crippen LogP contribution is 2.26. The summed E-state index contributed by atoms with van der Waals surface area (Å²) in [5.74, 6) is -0.241. The molecule has 0 bridgehead atoms. The number of carbonyl (C=O) groups is 2. The smallest absolute Gasteiger partial charge is 0.260 e. The van der Waals surface area contributed by atoms with Crippen molar-refractivity contribution in [3.63, 3.8) is 0 Å². The first-order valence-electron chi connectivity index (χ1n) is 8.73. The minimum Gasteiger partial charge on any atom is -0.338 e. The number of nitrogens with zero attached hydrogens (tertiary/aromatic N) is 2. The van der Waals surface area contributed by atoms with E-state index in [9.17, 15) is 14.4 Å². The Kier molecular flexibility index (Phi) is 4.93. The number of nitrogens with one attached hydrogen (secondary N) is 1. The van der Waals surface area contributed by atoms with Gasteiger partial charge in [-0.05, 0) is 31.5 Å². The molecule has 1 fully saturated rings. The largest absolute Gasteiger partial charge is 0.338 e. The lowest BCUT2D eigenvalue weighted by Crippen LogP contribution is -2.54. The van der Waals surface area contributed by atoms with Crippen LogP contribution in [0, 0.1) is 0 Å². The summed E-state index contributed by atoms with van der Waals surface area (Å²) in [6.45, 7) is 5.61. The van der Waals surface area contributed by atoms with Gasteiger partial charge >= 0.3 is 0 Å². The fraction of sp³-hybridized carbons (Fsp3) is 0.350. The van der Waals surface area contributed by atoms with E-state index in [1.165, 1.54) is 12.3 Å². The summed E-state index contributed by atoms with van der Waals surface area (Å²) in [6, 6.07) is 12.9. The predicted octanol–water partition coefficient (Wildman–Crippen LogP) is 1.64. The molecule has 136 valence electrons. The van der Waals surface area contributed by atoms with Crippen LogP contribution in [0.2, 0.25) is 0 Å². The maximum atomic E-state index is 13.0. The molecular formula is C20H23N3O3. The Morgan fingerprint density at radius 3 is 2.15 bits per heavy atom. The molecule has 6 nitrogen and oxygen atoms in total. The molecule has 0 unspecified atom stereocenters. The lowest BCUT2D eigenvalue weighted by molar-refractivity contribution is -0.137. The van der Waals surface area contributed by atoms with Crippen molar-refractivity contribution in [2.24, 2.45) is 0 Å².